The lowest BCUT2D eigenvalue weighted by atomic mass is 10.0. The summed E-state index contributed by atoms with van der Waals surface area (Å²) < 4.78 is 0. The predicted octanol–water partition coefficient (Wildman–Crippen LogP) is 7.60. The minimum absolute atomic E-state index is 0.108. The first kappa shape index (κ1) is 29.4. The zero-order valence-corrected chi connectivity index (χ0v) is 24.7. The van der Waals surface area contributed by atoms with E-state index in [1.54, 1.807) is 36.4 Å². The summed E-state index contributed by atoms with van der Waals surface area (Å²) in [6, 6.07) is 35.6. The van der Waals surface area contributed by atoms with Crippen molar-refractivity contribution in [3.63, 3.8) is 0 Å². The van der Waals surface area contributed by atoms with Crippen LogP contribution in [-0.4, -0.2) is 23.5 Å². The summed E-state index contributed by atoms with van der Waals surface area (Å²) in [6.07, 6.45) is 1.69. The minimum atomic E-state index is -0.466. The van der Waals surface area contributed by atoms with Crippen LogP contribution in [0.5, 0.6) is 0 Å². The first-order chi connectivity index (χ1) is 20.9. The fourth-order valence-electron chi connectivity index (χ4n) is 4.63. The number of carbonyl (C=O) groups is 3. The van der Waals surface area contributed by atoms with Crippen LogP contribution in [0, 0.1) is 13.8 Å². The molecule has 0 fully saturated rings. The predicted molar refractivity (Wildman–Crippen MR) is 176 cm³/mol. The highest BCUT2D eigenvalue weighted by atomic mass is 32.2. The zero-order valence-electron chi connectivity index (χ0n) is 23.9. The molecule has 0 aliphatic carbocycles. The van der Waals surface area contributed by atoms with Gasteiger partial charge in [0.1, 0.15) is 5.70 Å². The summed E-state index contributed by atoms with van der Waals surface area (Å²) in [7, 11) is 0. The molecule has 0 saturated carbocycles. The molecule has 0 bridgehead atoms. The van der Waals surface area contributed by atoms with Gasteiger partial charge >= 0.3 is 0 Å². The Morgan fingerprint density at radius 2 is 1.49 bits per heavy atom. The maximum absolute atomic E-state index is 13.6. The molecule has 7 heteroatoms. The lowest BCUT2D eigenvalue weighted by Crippen LogP contribution is -2.30. The second-order valence-corrected chi connectivity index (χ2v) is 11.1. The Bertz CT molecular complexity index is 1830. The van der Waals surface area contributed by atoms with Crippen molar-refractivity contribution in [2.24, 2.45) is 0 Å². The highest BCUT2D eigenvalue weighted by Gasteiger charge is 2.16. The van der Waals surface area contributed by atoms with Gasteiger partial charge in [0.05, 0.1) is 5.75 Å². The molecular formula is C36H31N3O3S. The van der Waals surface area contributed by atoms with Crippen LogP contribution in [0.1, 0.15) is 27.0 Å². The van der Waals surface area contributed by atoms with Gasteiger partial charge in [0, 0.05) is 21.8 Å². The van der Waals surface area contributed by atoms with E-state index in [0.29, 0.717) is 11.3 Å². The number of nitrogens with one attached hydrogen (secondary N) is 3. The Kier molecular flexibility index (Phi) is 9.34. The van der Waals surface area contributed by atoms with Crippen molar-refractivity contribution in [2.45, 2.75) is 18.7 Å². The highest BCUT2D eigenvalue weighted by molar-refractivity contribution is 8.00. The number of aryl methyl sites for hydroxylation is 2. The number of carbonyl (C=O) groups excluding carboxylic acids is 3. The van der Waals surface area contributed by atoms with Crippen LogP contribution >= 0.6 is 11.8 Å². The molecule has 0 aliphatic rings. The van der Waals surface area contributed by atoms with Crippen molar-refractivity contribution >= 4 is 57.7 Å². The largest absolute Gasteiger partial charge is 0.325 e. The molecule has 214 valence electrons. The number of anilines is 2. The molecule has 0 aliphatic heterocycles. The molecule has 0 heterocycles. The first-order valence-electron chi connectivity index (χ1n) is 13.8. The third-order valence-corrected chi connectivity index (χ3v) is 7.76. The number of thioether (sulfide) groups is 1. The summed E-state index contributed by atoms with van der Waals surface area (Å²) >= 11 is 1.37. The number of hydrogen-bond acceptors (Lipinski definition) is 4. The Morgan fingerprint density at radius 1 is 0.744 bits per heavy atom. The molecular weight excluding hydrogens is 554 g/mol. The van der Waals surface area contributed by atoms with Crippen molar-refractivity contribution < 1.29 is 14.4 Å². The van der Waals surface area contributed by atoms with Gasteiger partial charge in [-0.1, -0.05) is 84.4 Å². The third-order valence-electron chi connectivity index (χ3n) is 6.77. The van der Waals surface area contributed by atoms with Crippen molar-refractivity contribution in [1.29, 1.82) is 0 Å². The Hall–Kier alpha value is -5.14. The molecule has 0 radical (unpaired) electrons. The molecule has 0 spiro atoms. The second kappa shape index (κ2) is 13.7. The van der Waals surface area contributed by atoms with Crippen LogP contribution in [0.3, 0.4) is 0 Å². The van der Waals surface area contributed by atoms with E-state index in [0.717, 1.165) is 38.0 Å². The minimum Gasteiger partial charge on any atom is -0.325 e. The van der Waals surface area contributed by atoms with Gasteiger partial charge < -0.3 is 16.0 Å². The van der Waals surface area contributed by atoms with Crippen LogP contribution in [0.4, 0.5) is 11.4 Å². The van der Waals surface area contributed by atoms with Crippen molar-refractivity contribution in [3.8, 4) is 0 Å². The summed E-state index contributed by atoms with van der Waals surface area (Å²) in [6.45, 7) is 3.98. The SMILES string of the molecule is Cc1ccc(NC(=O)CSc2cccc(NC(=O)/C(=C\c3cccc4ccccc34)NC(=O)c3ccccc3)c2)c(C)c1. The van der Waals surface area contributed by atoms with Gasteiger partial charge in [-0.15, -0.1) is 11.8 Å². The molecule has 3 amide bonds. The number of rotatable bonds is 9. The molecule has 3 N–H and O–H groups in total. The van der Waals surface area contributed by atoms with Crippen LogP contribution in [0.15, 0.2) is 126 Å². The standard InChI is InChI=1S/C36H31N3O3S/c1-24-18-19-32(25(2)20-24)38-34(40)23-43-30-16-9-15-29(22-30)37-36(42)33(39-35(41)27-11-4-3-5-12-27)21-28-14-8-13-26-10-6-7-17-31(26)28/h3-22H,23H2,1-2H3,(H,37,42)(H,38,40)(H,39,41)/b33-21+. The maximum atomic E-state index is 13.6. The van der Waals surface area contributed by atoms with Gasteiger partial charge in [-0.25, -0.2) is 0 Å². The number of hydrogen-bond donors (Lipinski definition) is 3. The molecule has 0 unspecified atom stereocenters. The van der Waals surface area contributed by atoms with Gasteiger partial charge in [-0.05, 0) is 78.2 Å². The fraction of sp³-hybridized carbons (Fsp3) is 0.0833. The van der Waals surface area contributed by atoms with E-state index in [4.69, 9.17) is 0 Å². The number of benzene rings is 5. The number of fused-ring (bicyclic) bond motifs is 1. The van der Waals surface area contributed by atoms with Crippen molar-refractivity contribution in [2.75, 3.05) is 16.4 Å². The molecule has 5 aromatic carbocycles. The van der Waals surface area contributed by atoms with Crippen LogP contribution in [0.2, 0.25) is 0 Å². The Balaban J connectivity index is 1.33. The Labute approximate surface area is 255 Å². The average molecular weight is 586 g/mol. The van der Waals surface area contributed by atoms with E-state index in [1.165, 1.54) is 11.8 Å². The van der Waals surface area contributed by atoms with Gasteiger partial charge in [0.2, 0.25) is 5.91 Å². The summed E-state index contributed by atoms with van der Waals surface area (Å²) in [4.78, 5) is 40.1. The van der Waals surface area contributed by atoms with Gasteiger partial charge in [-0.2, -0.15) is 0 Å². The van der Waals surface area contributed by atoms with E-state index in [1.807, 2.05) is 98.8 Å². The lowest BCUT2D eigenvalue weighted by Gasteiger charge is -2.13. The summed E-state index contributed by atoms with van der Waals surface area (Å²) in [5.41, 5.74) is 4.83. The van der Waals surface area contributed by atoms with Crippen molar-refractivity contribution in [1.82, 2.24) is 5.32 Å². The lowest BCUT2D eigenvalue weighted by molar-refractivity contribution is -0.114. The maximum Gasteiger partial charge on any atom is 0.272 e. The number of amides is 3. The molecule has 0 saturated heterocycles. The third kappa shape index (κ3) is 7.78. The van der Waals surface area contributed by atoms with E-state index in [2.05, 4.69) is 16.0 Å². The van der Waals surface area contributed by atoms with E-state index in [-0.39, 0.29) is 23.3 Å². The smallest absolute Gasteiger partial charge is 0.272 e. The topological polar surface area (TPSA) is 87.3 Å². The van der Waals surface area contributed by atoms with Gasteiger partial charge in [0.25, 0.3) is 11.8 Å². The second-order valence-electron chi connectivity index (χ2n) is 10.1. The van der Waals surface area contributed by atoms with Crippen molar-refractivity contribution in [3.05, 3.63) is 143 Å². The highest BCUT2D eigenvalue weighted by Crippen LogP contribution is 2.24. The van der Waals surface area contributed by atoms with E-state index < -0.39 is 5.91 Å². The molecule has 5 aromatic rings. The van der Waals surface area contributed by atoms with Crippen LogP contribution in [-0.2, 0) is 9.59 Å². The molecule has 43 heavy (non-hydrogen) atoms. The quantitative estimate of drug-likeness (QED) is 0.123. The van der Waals surface area contributed by atoms with E-state index in [9.17, 15) is 14.4 Å². The Morgan fingerprint density at radius 3 is 2.30 bits per heavy atom. The average Bonchev–Trinajstić information content (AvgIpc) is 3.02. The summed E-state index contributed by atoms with van der Waals surface area (Å²) in [5.74, 6) is -0.756. The van der Waals surface area contributed by atoms with E-state index >= 15 is 0 Å². The first-order valence-corrected chi connectivity index (χ1v) is 14.8. The van der Waals surface area contributed by atoms with Crippen LogP contribution < -0.4 is 16.0 Å². The van der Waals surface area contributed by atoms with Gasteiger partial charge in [-0.3, -0.25) is 14.4 Å². The zero-order chi connectivity index (χ0) is 30.2. The molecule has 6 nitrogen and oxygen atoms in total. The monoisotopic (exact) mass is 585 g/mol. The normalized spacial score (nSPS) is 11.2. The van der Waals surface area contributed by atoms with Gasteiger partial charge in [0.15, 0.2) is 0 Å². The molecule has 5 rings (SSSR count). The summed E-state index contributed by atoms with van der Waals surface area (Å²) in [5, 5.41) is 10.7. The van der Waals surface area contributed by atoms with Crippen LogP contribution in [0.25, 0.3) is 16.8 Å². The fourth-order valence-corrected chi connectivity index (χ4v) is 5.38. The molecule has 0 aromatic heterocycles. The molecule has 0 atom stereocenters.